The molecule has 0 heterocycles. The molecule has 148 valence electrons. The summed E-state index contributed by atoms with van der Waals surface area (Å²) in [7, 11) is 0. The lowest BCUT2D eigenvalue weighted by Gasteiger charge is -2.11. The molecule has 0 bridgehead atoms. The van der Waals surface area contributed by atoms with Gasteiger partial charge in [0, 0.05) is 17.1 Å². The number of rotatable bonds is 9. The number of thiocarbonyl (C=S) groups is 1. The lowest BCUT2D eigenvalue weighted by Crippen LogP contribution is -2.31. The third kappa shape index (κ3) is 7.21. The van der Waals surface area contributed by atoms with Crippen LogP contribution in [-0.4, -0.2) is 31.1 Å². The molecule has 2 aromatic rings. The van der Waals surface area contributed by atoms with Crippen molar-refractivity contribution < 1.29 is 9.47 Å². The van der Waals surface area contributed by atoms with Gasteiger partial charge in [-0.3, -0.25) is 5.43 Å². The molecule has 28 heavy (non-hydrogen) atoms. The zero-order chi connectivity index (χ0) is 20.4. The van der Waals surface area contributed by atoms with Crippen molar-refractivity contribution in [2.45, 2.75) is 13.8 Å². The van der Waals surface area contributed by atoms with Crippen LogP contribution in [0.15, 0.2) is 54.2 Å². The average molecular weight is 418 g/mol. The smallest absolute Gasteiger partial charge is 0.187 e. The number of aryl methyl sites for hydroxylation is 2. The first-order valence-electron chi connectivity index (χ1n) is 8.80. The summed E-state index contributed by atoms with van der Waals surface area (Å²) in [5, 5.41) is 8.03. The lowest BCUT2D eigenvalue weighted by atomic mass is 10.1. The minimum Gasteiger partial charge on any atom is -0.490 e. The van der Waals surface area contributed by atoms with Crippen LogP contribution in [0.3, 0.4) is 0 Å². The first kappa shape index (κ1) is 21.7. The summed E-state index contributed by atoms with van der Waals surface area (Å²) in [6.07, 6.45) is 3.31. The van der Waals surface area contributed by atoms with Gasteiger partial charge in [0.2, 0.25) is 0 Å². The minimum absolute atomic E-state index is 0.391. The highest BCUT2D eigenvalue weighted by atomic mass is 35.5. The molecule has 0 amide bonds. The van der Waals surface area contributed by atoms with Crippen molar-refractivity contribution in [3.63, 3.8) is 0 Å². The highest BCUT2D eigenvalue weighted by Crippen LogP contribution is 2.22. The minimum atomic E-state index is 0.391. The summed E-state index contributed by atoms with van der Waals surface area (Å²) in [6, 6.07) is 11.4. The molecule has 0 fully saturated rings. The monoisotopic (exact) mass is 417 g/mol. The Morgan fingerprint density at radius 3 is 2.68 bits per heavy atom. The van der Waals surface area contributed by atoms with E-state index in [2.05, 4.69) is 36.3 Å². The Morgan fingerprint density at radius 1 is 1.14 bits per heavy atom. The van der Waals surface area contributed by atoms with Crippen molar-refractivity contribution in [1.82, 2.24) is 10.7 Å². The van der Waals surface area contributed by atoms with Crippen LogP contribution in [0.5, 0.6) is 11.5 Å². The molecule has 5 nitrogen and oxygen atoms in total. The number of halogens is 1. The van der Waals surface area contributed by atoms with E-state index in [1.807, 2.05) is 18.2 Å². The normalized spacial score (nSPS) is 10.5. The van der Waals surface area contributed by atoms with Crippen LogP contribution in [-0.2, 0) is 0 Å². The third-order valence-electron chi connectivity index (χ3n) is 3.84. The molecule has 0 aliphatic heterocycles. The predicted molar refractivity (Wildman–Crippen MR) is 120 cm³/mol. The van der Waals surface area contributed by atoms with Crippen molar-refractivity contribution in [1.29, 1.82) is 0 Å². The molecule has 2 rings (SSSR count). The van der Waals surface area contributed by atoms with Crippen molar-refractivity contribution in [2.24, 2.45) is 5.10 Å². The van der Waals surface area contributed by atoms with Crippen LogP contribution >= 0.6 is 23.8 Å². The molecular weight excluding hydrogens is 394 g/mol. The SMILES string of the molecule is C=CCNC(=S)N/N=C/c1cc(Cl)ccc1OCCOc1ccc(C)c(C)c1. The third-order valence-corrected chi connectivity index (χ3v) is 4.31. The Balaban J connectivity index is 1.89. The topological polar surface area (TPSA) is 54.9 Å². The molecule has 0 saturated carbocycles. The van der Waals surface area contributed by atoms with E-state index in [0.29, 0.717) is 35.6 Å². The van der Waals surface area contributed by atoms with Gasteiger partial charge in [-0.15, -0.1) is 6.58 Å². The lowest BCUT2D eigenvalue weighted by molar-refractivity contribution is 0.217. The summed E-state index contributed by atoms with van der Waals surface area (Å²) in [5.74, 6) is 1.48. The first-order chi connectivity index (χ1) is 13.5. The molecule has 2 aromatic carbocycles. The molecule has 0 spiro atoms. The summed E-state index contributed by atoms with van der Waals surface area (Å²) in [6.45, 7) is 9.13. The number of hydrogen-bond donors (Lipinski definition) is 2. The van der Waals surface area contributed by atoms with Crippen LogP contribution in [0.1, 0.15) is 16.7 Å². The van der Waals surface area contributed by atoms with E-state index >= 15 is 0 Å². The van der Waals surface area contributed by atoms with Crippen LogP contribution in [0.4, 0.5) is 0 Å². The molecule has 0 aromatic heterocycles. The Kier molecular flexibility index (Phi) is 8.78. The average Bonchev–Trinajstić information content (AvgIpc) is 2.67. The maximum atomic E-state index is 6.08. The molecule has 7 heteroatoms. The van der Waals surface area contributed by atoms with Crippen LogP contribution in [0, 0.1) is 13.8 Å². The summed E-state index contributed by atoms with van der Waals surface area (Å²) < 4.78 is 11.6. The molecule has 2 N–H and O–H groups in total. The fourth-order valence-electron chi connectivity index (χ4n) is 2.23. The van der Waals surface area contributed by atoms with E-state index in [0.717, 1.165) is 11.3 Å². The molecule has 0 unspecified atom stereocenters. The van der Waals surface area contributed by atoms with Crippen molar-refractivity contribution >= 4 is 35.1 Å². The van der Waals surface area contributed by atoms with Gasteiger partial charge in [0.25, 0.3) is 0 Å². The van der Waals surface area contributed by atoms with Gasteiger partial charge in [-0.2, -0.15) is 5.10 Å². The van der Waals surface area contributed by atoms with Gasteiger partial charge >= 0.3 is 0 Å². The second kappa shape index (κ2) is 11.3. The number of benzene rings is 2. The van der Waals surface area contributed by atoms with E-state index < -0.39 is 0 Å². The molecule has 0 saturated heterocycles. The Bertz CT molecular complexity index is 856. The van der Waals surface area contributed by atoms with Gasteiger partial charge in [0.05, 0.1) is 6.21 Å². The van der Waals surface area contributed by atoms with Crippen molar-refractivity contribution in [2.75, 3.05) is 19.8 Å². The molecule has 0 aliphatic rings. The van der Waals surface area contributed by atoms with Gasteiger partial charge < -0.3 is 14.8 Å². The molecule has 0 atom stereocenters. The largest absolute Gasteiger partial charge is 0.490 e. The van der Waals surface area contributed by atoms with Gasteiger partial charge in [-0.1, -0.05) is 23.7 Å². The highest BCUT2D eigenvalue weighted by molar-refractivity contribution is 7.80. The fraction of sp³-hybridized carbons (Fsp3) is 0.238. The number of nitrogens with zero attached hydrogens (tertiary/aromatic N) is 1. The zero-order valence-corrected chi connectivity index (χ0v) is 17.6. The van der Waals surface area contributed by atoms with Crippen LogP contribution in [0.25, 0.3) is 0 Å². The number of hydrazone groups is 1. The molecule has 0 aliphatic carbocycles. The van der Waals surface area contributed by atoms with Crippen molar-refractivity contribution in [3.8, 4) is 11.5 Å². The maximum Gasteiger partial charge on any atom is 0.187 e. The zero-order valence-electron chi connectivity index (χ0n) is 16.0. The van der Waals surface area contributed by atoms with E-state index in [1.165, 1.54) is 11.1 Å². The summed E-state index contributed by atoms with van der Waals surface area (Å²) >= 11 is 11.2. The standard InChI is InChI=1S/C21H24ClN3O2S/c1-4-9-23-21(28)25-24-14-17-13-18(22)6-8-20(17)27-11-10-26-19-7-5-15(2)16(3)12-19/h4-8,12-14H,1,9-11H2,2-3H3,(H2,23,25,28)/b24-14+. The summed E-state index contributed by atoms with van der Waals surface area (Å²) in [5.41, 5.74) is 5.90. The number of ether oxygens (including phenoxy) is 2. The first-order valence-corrected chi connectivity index (χ1v) is 9.58. The van der Waals surface area contributed by atoms with Gasteiger partial charge in [-0.25, -0.2) is 0 Å². The van der Waals surface area contributed by atoms with Gasteiger partial charge in [-0.05, 0) is 67.5 Å². The highest BCUT2D eigenvalue weighted by Gasteiger charge is 2.04. The van der Waals surface area contributed by atoms with E-state index in [4.69, 9.17) is 33.3 Å². The molecule has 0 radical (unpaired) electrons. The Morgan fingerprint density at radius 2 is 1.93 bits per heavy atom. The van der Waals surface area contributed by atoms with Gasteiger partial charge in [0.1, 0.15) is 24.7 Å². The van der Waals surface area contributed by atoms with Crippen LogP contribution < -0.4 is 20.2 Å². The second-order valence-electron chi connectivity index (χ2n) is 5.99. The van der Waals surface area contributed by atoms with E-state index in [9.17, 15) is 0 Å². The van der Waals surface area contributed by atoms with Crippen LogP contribution in [0.2, 0.25) is 5.02 Å². The predicted octanol–water partition coefficient (Wildman–Crippen LogP) is 4.40. The van der Waals surface area contributed by atoms with Crippen molar-refractivity contribution in [3.05, 3.63) is 70.8 Å². The Labute approximate surface area is 176 Å². The Hall–Kier alpha value is -2.57. The quantitative estimate of drug-likeness (QED) is 0.208. The summed E-state index contributed by atoms with van der Waals surface area (Å²) in [4.78, 5) is 0. The number of hydrogen-bond acceptors (Lipinski definition) is 4. The van der Waals surface area contributed by atoms with Gasteiger partial charge in [0.15, 0.2) is 5.11 Å². The fourth-order valence-corrected chi connectivity index (χ4v) is 2.55. The number of nitrogens with one attached hydrogen (secondary N) is 2. The maximum absolute atomic E-state index is 6.08. The molecular formula is C21H24ClN3O2S. The second-order valence-corrected chi connectivity index (χ2v) is 6.84. The van der Waals surface area contributed by atoms with E-state index in [-0.39, 0.29) is 0 Å². The van der Waals surface area contributed by atoms with E-state index in [1.54, 1.807) is 30.5 Å².